The number of amides is 1. The molecular formula is C21H21ClN2O2S. The minimum absolute atomic E-state index is 0.0444. The third-order valence-electron chi connectivity index (χ3n) is 5.00. The number of anilines is 1. The number of ether oxygens (including phenoxy) is 1. The van der Waals surface area contributed by atoms with Crippen molar-refractivity contribution in [2.75, 3.05) is 18.1 Å². The lowest BCUT2D eigenvalue weighted by atomic mass is 10.1. The van der Waals surface area contributed by atoms with Crippen molar-refractivity contribution >= 4 is 44.2 Å². The smallest absolute Gasteiger partial charge is 0.260 e. The van der Waals surface area contributed by atoms with E-state index in [1.807, 2.05) is 50.2 Å². The van der Waals surface area contributed by atoms with Crippen LogP contribution >= 0.6 is 22.9 Å². The van der Waals surface area contributed by atoms with Crippen molar-refractivity contribution in [2.24, 2.45) is 0 Å². The molecule has 4 rings (SSSR count). The summed E-state index contributed by atoms with van der Waals surface area (Å²) in [6.07, 6.45) is 2.03. The van der Waals surface area contributed by atoms with Gasteiger partial charge in [0.1, 0.15) is 5.52 Å². The van der Waals surface area contributed by atoms with Gasteiger partial charge < -0.3 is 4.74 Å². The molecule has 27 heavy (non-hydrogen) atoms. The third kappa shape index (κ3) is 3.72. The molecule has 1 unspecified atom stereocenters. The van der Waals surface area contributed by atoms with Crippen molar-refractivity contribution in [1.29, 1.82) is 0 Å². The van der Waals surface area contributed by atoms with Gasteiger partial charge in [-0.05, 0) is 62.1 Å². The first-order valence-electron chi connectivity index (χ1n) is 9.08. The van der Waals surface area contributed by atoms with E-state index in [4.69, 9.17) is 16.3 Å². The van der Waals surface area contributed by atoms with E-state index in [-0.39, 0.29) is 12.0 Å². The summed E-state index contributed by atoms with van der Waals surface area (Å²) in [5.74, 6) is -0.0521. The molecule has 0 bridgehead atoms. The zero-order chi connectivity index (χ0) is 19.0. The van der Waals surface area contributed by atoms with Crippen molar-refractivity contribution < 1.29 is 9.53 Å². The number of halogens is 1. The molecule has 0 radical (unpaired) electrons. The van der Waals surface area contributed by atoms with Crippen LogP contribution in [0.25, 0.3) is 10.2 Å². The predicted molar refractivity (Wildman–Crippen MR) is 111 cm³/mol. The van der Waals surface area contributed by atoms with Gasteiger partial charge in [0.25, 0.3) is 5.91 Å². The van der Waals surface area contributed by atoms with Crippen LogP contribution in [0.2, 0.25) is 5.02 Å². The number of aryl methyl sites for hydroxylation is 2. The summed E-state index contributed by atoms with van der Waals surface area (Å²) < 4.78 is 6.76. The number of carbonyl (C=O) groups excluding carboxylic acids is 1. The zero-order valence-electron chi connectivity index (χ0n) is 15.4. The van der Waals surface area contributed by atoms with Crippen molar-refractivity contribution in [3.63, 3.8) is 0 Å². The fraction of sp³-hybridized carbons (Fsp3) is 0.333. The average molecular weight is 401 g/mol. The highest BCUT2D eigenvalue weighted by Crippen LogP contribution is 2.34. The molecule has 0 spiro atoms. The standard InChI is InChI=1S/C21H21ClN2O2S/c1-13-8-9-15(11-14(13)2)20(25)24(12-16-5-4-10-26-16)21-23-19-17(22)6-3-7-18(19)27-21/h3,6-9,11,16H,4-5,10,12H2,1-2H3. The van der Waals surface area contributed by atoms with Crippen LogP contribution in [0.15, 0.2) is 36.4 Å². The first kappa shape index (κ1) is 18.4. The number of hydrogen-bond acceptors (Lipinski definition) is 4. The number of para-hydroxylation sites is 1. The molecule has 0 aliphatic carbocycles. The van der Waals surface area contributed by atoms with E-state index in [1.54, 1.807) is 4.90 Å². The van der Waals surface area contributed by atoms with E-state index < -0.39 is 0 Å². The maximum atomic E-state index is 13.4. The first-order chi connectivity index (χ1) is 13.0. The molecule has 1 aliphatic heterocycles. The third-order valence-corrected chi connectivity index (χ3v) is 6.35. The molecule has 1 atom stereocenters. The molecule has 1 aliphatic rings. The van der Waals surface area contributed by atoms with Gasteiger partial charge in [-0.1, -0.05) is 35.1 Å². The highest BCUT2D eigenvalue weighted by molar-refractivity contribution is 7.22. The second-order valence-corrected chi connectivity index (χ2v) is 8.35. The highest BCUT2D eigenvalue weighted by atomic mass is 35.5. The molecular weight excluding hydrogens is 380 g/mol. The largest absolute Gasteiger partial charge is 0.376 e. The summed E-state index contributed by atoms with van der Waals surface area (Å²) in [5.41, 5.74) is 3.68. The first-order valence-corrected chi connectivity index (χ1v) is 10.3. The quantitative estimate of drug-likeness (QED) is 0.589. The normalized spacial score (nSPS) is 16.8. The van der Waals surface area contributed by atoms with E-state index in [0.717, 1.165) is 35.2 Å². The van der Waals surface area contributed by atoms with Gasteiger partial charge in [-0.2, -0.15) is 0 Å². The molecule has 2 aromatic carbocycles. The molecule has 3 aromatic rings. The van der Waals surface area contributed by atoms with Gasteiger partial charge in [-0.3, -0.25) is 9.69 Å². The second-order valence-electron chi connectivity index (χ2n) is 6.93. The van der Waals surface area contributed by atoms with E-state index in [1.165, 1.54) is 16.9 Å². The SMILES string of the molecule is Cc1ccc(C(=O)N(CC2CCCO2)c2nc3c(Cl)cccc3s2)cc1C. The fourth-order valence-corrected chi connectivity index (χ4v) is 4.56. The summed E-state index contributed by atoms with van der Waals surface area (Å²) in [6.45, 7) is 5.32. The molecule has 140 valence electrons. The molecule has 1 saturated heterocycles. The number of hydrogen-bond donors (Lipinski definition) is 0. The zero-order valence-corrected chi connectivity index (χ0v) is 16.9. The number of benzene rings is 2. The summed E-state index contributed by atoms with van der Waals surface area (Å²) in [5, 5.41) is 1.27. The number of thiazole rings is 1. The summed E-state index contributed by atoms with van der Waals surface area (Å²) in [7, 11) is 0. The van der Waals surface area contributed by atoms with E-state index in [9.17, 15) is 4.79 Å². The molecule has 1 aromatic heterocycles. The van der Waals surface area contributed by atoms with Gasteiger partial charge >= 0.3 is 0 Å². The van der Waals surface area contributed by atoms with Gasteiger partial charge in [0, 0.05) is 12.2 Å². The number of carbonyl (C=O) groups is 1. The predicted octanol–water partition coefficient (Wildman–Crippen LogP) is 5.39. The summed E-state index contributed by atoms with van der Waals surface area (Å²) in [6, 6.07) is 11.5. The van der Waals surface area contributed by atoms with Crippen LogP contribution in [-0.2, 0) is 4.74 Å². The maximum absolute atomic E-state index is 13.4. The van der Waals surface area contributed by atoms with Crippen LogP contribution < -0.4 is 4.90 Å². The molecule has 1 fully saturated rings. The van der Waals surface area contributed by atoms with Gasteiger partial charge in [0.2, 0.25) is 0 Å². The fourth-order valence-electron chi connectivity index (χ4n) is 3.29. The van der Waals surface area contributed by atoms with Crippen LogP contribution in [0.3, 0.4) is 0 Å². The lowest BCUT2D eigenvalue weighted by molar-refractivity contribution is 0.0917. The Morgan fingerprint density at radius 2 is 2.15 bits per heavy atom. The summed E-state index contributed by atoms with van der Waals surface area (Å²) in [4.78, 5) is 19.8. The highest BCUT2D eigenvalue weighted by Gasteiger charge is 2.27. The number of aromatic nitrogens is 1. The Balaban J connectivity index is 1.73. The maximum Gasteiger partial charge on any atom is 0.260 e. The van der Waals surface area contributed by atoms with Crippen LogP contribution in [-0.4, -0.2) is 30.1 Å². The number of nitrogens with zero attached hydrogens (tertiary/aromatic N) is 2. The Labute approximate surface area is 167 Å². The second kappa shape index (κ2) is 7.58. The lowest BCUT2D eigenvalue weighted by Gasteiger charge is -2.23. The van der Waals surface area contributed by atoms with Gasteiger partial charge in [0.15, 0.2) is 5.13 Å². The molecule has 1 amide bonds. The van der Waals surface area contributed by atoms with Gasteiger partial charge in [-0.25, -0.2) is 4.98 Å². The number of rotatable bonds is 4. The van der Waals surface area contributed by atoms with Crippen molar-refractivity contribution in [3.05, 3.63) is 58.1 Å². The monoisotopic (exact) mass is 400 g/mol. The molecule has 0 N–H and O–H groups in total. The Morgan fingerprint density at radius 1 is 1.30 bits per heavy atom. The van der Waals surface area contributed by atoms with Crippen molar-refractivity contribution in [2.45, 2.75) is 32.8 Å². The van der Waals surface area contributed by atoms with Crippen molar-refractivity contribution in [1.82, 2.24) is 4.98 Å². The van der Waals surface area contributed by atoms with Crippen LogP contribution in [0.5, 0.6) is 0 Å². The Kier molecular flexibility index (Phi) is 5.17. The van der Waals surface area contributed by atoms with Crippen molar-refractivity contribution in [3.8, 4) is 0 Å². The van der Waals surface area contributed by atoms with Gasteiger partial charge in [0.05, 0.1) is 22.4 Å². The molecule has 2 heterocycles. The minimum Gasteiger partial charge on any atom is -0.376 e. The van der Waals surface area contributed by atoms with E-state index >= 15 is 0 Å². The van der Waals surface area contributed by atoms with Crippen LogP contribution in [0.1, 0.15) is 34.3 Å². The minimum atomic E-state index is -0.0521. The lowest BCUT2D eigenvalue weighted by Crippen LogP contribution is -2.37. The summed E-state index contributed by atoms with van der Waals surface area (Å²) >= 11 is 7.78. The Bertz CT molecular complexity index is 995. The molecule has 0 saturated carbocycles. The number of fused-ring (bicyclic) bond motifs is 1. The van der Waals surface area contributed by atoms with E-state index in [0.29, 0.717) is 22.3 Å². The Morgan fingerprint density at radius 3 is 2.85 bits per heavy atom. The van der Waals surface area contributed by atoms with E-state index in [2.05, 4.69) is 4.98 Å². The molecule has 6 heteroatoms. The molecule has 4 nitrogen and oxygen atoms in total. The van der Waals surface area contributed by atoms with Crippen LogP contribution in [0.4, 0.5) is 5.13 Å². The topological polar surface area (TPSA) is 42.4 Å². The Hall–Kier alpha value is -1.95. The van der Waals surface area contributed by atoms with Crippen LogP contribution in [0, 0.1) is 13.8 Å². The average Bonchev–Trinajstić information content (AvgIpc) is 3.31. The van der Waals surface area contributed by atoms with Gasteiger partial charge in [-0.15, -0.1) is 0 Å².